The van der Waals surface area contributed by atoms with E-state index in [9.17, 15) is 5.26 Å². The first-order chi connectivity index (χ1) is 16.1. The van der Waals surface area contributed by atoms with Gasteiger partial charge in [-0.1, -0.05) is 23.7 Å². The van der Waals surface area contributed by atoms with Crippen LogP contribution in [0.1, 0.15) is 37.1 Å². The molecule has 4 aromatic heterocycles. The van der Waals surface area contributed by atoms with Gasteiger partial charge in [-0.2, -0.15) is 10.4 Å². The first-order valence-corrected chi connectivity index (χ1v) is 11.5. The molecule has 0 bridgehead atoms. The third-order valence-electron chi connectivity index (χ3n) is 6.94. The molecule has 7 nitrogen and oxygen atoms in total. The van der Waals surface area contributed by atoms with E-state index in [1.165, 1.54) is 0 Å². The Labute approximate surface area is 195 Å². The summed E-state index contributed by atoms with van der Waals surface area (Å²) >= 11 is 6.28. The number of rotatable bonds is 5. The van der Waals surface area contributed by atoms with Crippen molar-refractivity contribution in [1.82, 2.24) is 24.3 Å². The number of halogens is 1. The highest BCUT2D eigenvalue weighted by Gasteiger charge is 2.47. The summed E-state index contributed by atoms with van der Waals surface area (Å²) in [5, 5.41) is 22.3. The lowest BCUT2D eigenvalue weighted by molar-refractivity contribution is -0.821. The van der Waals surface area contributed by atoms with E-state index in [1.807, 2.05) is 31.2 Å². The number of nitrogens with zero attached hydrogens (tertiary/aromatic N) is 6. The second kappa shape index (κ2) is 7.46. The van der Waals surface area contributed by atoms with Crippen LogP contribution in [-0.2, 0) is 12.1 Å². The molecule has 0 unspecified atom stereocenters. The summed E-state index contributed by atoms with van der Waals surface area (Å²) in [5.74, 6) is 0.853. The summed E-state index contributed by atoms with van der Waals surface area (Å²) in [5.41, 5.74) is 6.07. The average Bonchev–Trinajstić information content (AvgIpc) is 3.49. The second-order valence-electron chi connectivity index (χ2n) is 8.91. The van der Waals surface area contributed by atoms with Crippen LogP contribution >= 0.6 is 11.6 Å². The molecule has 33 heavy (non-hydrogen) atoms. The minimum Gasteiger partial charge on any atom is -0.333 e. The molecule has 0 atom stereocenters. The number of benzene rings is 1. The van der Waals surface area contributed by atoms with Crippen LogP contribution in [-0.4, -0.2) is 24.3 Å². The fraction of sp³-hybridized carbons (Fsp3) is 0.280. The van der Waals surface area contributed by atoms with Crippen LogP contribution < -0.4 is 4.68 Å². The Morgan fingerprint density at radius 2 is 2.03 bits per heavy atom. The van der Waals surface area contributed by atoms with Crippen molar-refractivity contribution >= 4 is 28.3 Å². The Morgan fingerprint density at radius 3 is 2.79 bits per heavy atom. The van der Waals surface area contributed by atoms with Gasteiger partial charge >= 0.3 is 0 Å². The predicted molar refractivity (Wildman–Crippen MR) is 126 cm³/mol. The summed E-state index contributed by atoms with van der Waals surface area (Å²) in [6.07, 6.45) is 5.80. The van der Waals surface area contributed by atoms with E-state index in [0.717, 1.165) is 63.7 Å². The van der Waals surface area contributed by atoms with E-state index >= 15 is 0 Å². The zero-order valence-electron chi connectivity index (χ0n) is 18.3. The van der Waals surface area contributed by atoms with Gasteiger partial charge in [0, 0.05) is 30.5 Å². The van der Waals surface area contributed by atoms with Crippen LogP contribution in [0.15, 0.2) is 54.7 Å². The molecule has 164 valence electrons. The molecule has 0 radical (unpaired) electrons. The highest BCUT2D eigenvalue weighted by atomic mass is 35.5. The van der Waals surface area contributed by atoms with Crippen molar-refractivity contribution in [3.05, 3.63) is 71.1 Å². The molecular weight excluding hydrogens is 434 g/mol. The van der Waals surface area contributed by atoms with E-state index < -0.39 is 0 Å². The number of fused-ring (bicyclic) bond motifs is 3. The number of nitrogens with one attached hydrogen (secondary N) is 1. The number of aromatic amines is 1. The van der Waals surface area contributed by atoms with Crippen molar-refractivity contribution in [3.8, 4) is 17.5 Å². The molecule has 1 saturated carbocycles. The Kier molecular flexibility index (Phi) is 4.52. The smallest absolute Gasteiger partial charge is 0.204 e. The molecule has 1 aromatic carbocycles. The van der Waals surface area contributed by atoms with Gasteiger partial charge < -0.3 is 4.57 Å². The van der Waals surface area contributed by atoms with Gasteiger partial charge in [0.2, 0.25) is 5.54 Å². The highest BCUT2D eigenvalue weighted by Crippen LogP contribution is 2.37. The molecular formula is C25H23ClN7+. The minimum atomic E-state index is -0.116. The van der Waals surface area contributed by atoms with Crippen molar-refractivity contribution in [1.29, 1.82) is 5.26 Å². The molecule has 8 heteroatoms. The third kappa shape index (κ3) is 3.13. The zero-order valence-corrected chi connectivity index (χ0v) is 19.0. The predicted octanol–water partition coefficient (Wildman–Crippen LogP) is 4.77. The van der Waals surface area contributed by atoms with Crippen molar-refractivity contribution in [2.45, 2.75) is 44.7 Å². The van der Waals surface area contributed by atoms with Crippen LogP contribution in [0.4, 0.5) is 0 Å². The molecule has 1 aliphatic carbocycles. The number of H-pyrrole nitrogens is 1. The van der Waals surface area contributed by atoms with E-state index in [4.69, 9.17) is 11.6 Å². The Balaban J connectivity index is 1.54. The molecule has 0 saturated heterocycles. The molecule has 0 amide bonds. The number of aryl methyl sites for hydroxylation is 1. The van der Waals surface area contributed by atoms with E-state index in [-0.39, 0.29) is 5.54 Å². The maximum absolute atomic E-state index is 9.38. The van der Waals surface area contributed by atoms with Crippen molar-refractivity contribution < 1.29 is 4.68 Å². The van der Waals surface area contributed by atoms with Crippen LogP contribution in [0.25, 0.3) is 28.1 Å². The van der Waals surface area contributed by atoms with Crippen molar-refractivity contribution in [3.63, 3.8) is 0 Å². The molecule has 0 aliphatic heterocycles. The molecule has 4 heterocycles. The number of aromatic nitrogens is 6. The summed E-state index contributed by atoms with van der Waals surface area (Å²) < 4.78 is 6.53. The molecule has 6 rings (SSSR count). The lowest BCUT2D eigenvalue weighted by Crippen LogP contribution is -2.61. The summed E-state index contributed by atoms with van der Waals surface area (Å²) in [4.78, 5) is 0. The van der Waals surface area contributed by atoms with Crippen LogP contribution in [0.2, 0.25) is 5.02 Å². The summed E-state index contributed by atoms with van der Waals surface area (Å²) in [6.45, 7) is 2.65. The first kappa shape index (κ1) is 20.0. The lowest BCUT2D eigenvalue weighted by Gasteiger charge is -2.32. The topological polar surface area (TPSA) is 78.6 Å². The van der Waals surface area contributed by atoms with Gasteiger partial charge in [0.1, 0.15) is 17.9 Å². The van der Waals surface area contributed by atoms with Crippen LogP contribution in [0, 0.1) is 18.3 Å². The van der Waals surface area contributed by atoms with Crippen LogP contribution in [0.3, 0.4) is 0 Å². The maximum atomic E-state index is 9.38. The fourth-order valence-corrected chi connectivity index (χ4v) is 5.27. The molecule has 0 spiro atoms. The number of hydrogen-bond donors (Lipinski definition) is 1. The largest absolute Gasteiger partial charge is 0.333 e. The van der Waals surface area contributed by atoms with Gasteiger partial charge in [-0.25, -0.2) is 0 Å². The average molecular weight is 457 g/mol. The maximum Gasteiger partial charge on any atom is 0.204 e. The Morgan fingerprint density at radius 1 is 1.15 bits per heavy atom. The molecule has 1 N–H and O–H groups in total. The summed E-state index contributed by atoms with van der Waals surface area (Å²) in [6, 6.07) is 18.8. The standard InChI is InChI=1S/C25H22ClN7/c1-17-28-29-24-7-6-21-23(33(17)24)15-22(31(21)16-18-4-2-5-19(26)14-18)20-8-13-32(30-20)25(11-12-27)9-3-10-25/h2,4-8,13-15H,3,9-11,16H2,1H3/p+1. The molecule has 5 aromatic rings. The quantitative estimate of drug-likeness (QED) is 0.387. The van der Waals surface area contributed by atoms with E-state index in [1.54, 1.807) is 0 Å². The highest BCUT2D eigenvalue weighted by molar-refractivity contribution is 6.30. The Hall–Kier alpha value is -3.63. The van der Waals surface area contributed by atoms with Gasteiger partial charge in [-0.15, -0.1) is 14.9 Å². The number of pyridine rings is 1. The second-order valence-corrected chi connectivity index (χ2v) is 9.35. The lowest BCUT2D eigenvalue weighted by atomic mass is 9.75. The first-order valence-electron chi connectivity index (χ1n) is 11.1. The van der Waals surface area contributed by atoms with Gasteiger partial charge in [0.25, 0.3) is 0 Å². The van der Waals surface area contributed by atoms with Crippen molar-refractivity contribution in [2.24, 2.45) is 0 Å². The monoisotopic (exact) mass is 456 g/mol. The Bertz CT molecular complexity index is 1540. The van der Waals surface area contributed by atoms with Gasteiger partial charge in [-0.05, 0) is 49.2 Å². The van der Waals surface area contributed by atoms with Gasteiger partial charge in [0.15, 0.2) is 11.8 Å². The van der Waals surface area contributed by atoms with Gasteiger partial charge in [-0.3, -0.25) is 4.40 Å². The molecule has 1 aliphatic rings. The van der Waals surface area contributed by atoms with Crippen molar-refractivity contribution in [2.75, 3.05) is 0 Å². The number of nitriles is 1. The van der Waals surface area contributed by atoms with Gasteiger partial charge in [0.05, 0.1) is 22.8 Å². The summed E-state index contributed by atoms with van der Waals surface area (Å²) in [7, 11) is 0. The van der Waals surface area contributed by atoms with E-state index in [0.29, 0.717) is 13.0 Å². The fourth-order valence-electron chi connectivity index (χ4n) is 5.06. The minimum absolute atomic E-state index is 0.116. The number of hydrogen-bond acceptors (Lipinski definition) is 3. The third-order valence-corrected chi connectivity index (χ3v) is 7.17. The normalized spacial score (nSPS) is 15.1. The zero-order chi connectivity index (χ0) is 22.6. The van der Waals surface area contributed by atoms with E-state index in [2.05, 4.69) is 65.5 Å². The SMILES string of the molecule is Cc1nnc2ccc3c(cc(-c4cc[n+](C5(CC#N)CCC5)[nH]4)n3Cc3cccc(Cl)c3)n12. The van der Waals surface area contributed by atoms with Crippen LogP contribution in [0.5, 0.6) is 0 Å². The molecule has 1 fully saturated rings.